The predicted molar refractivity (Wildman–Crippen MR) is 249 cm³/mol. The van der Waals surface area contributed by atoms with Crippen LogP contribution in [-0.4, -0.2) is 83.3 Å². The van der Waals surface area contributed by atoms with Crippen molar-refractivity contribution < 1.29 is 52.8 Å². The SMILES string of the molecule is CCCCCCCC/C=C\CCCCCCCC(=O)OC[C@H](COC(C(O)COC(=O)[C@@H](N)CCCCN)P(=O)(O)O)OC(=O)CCCCCCC/C=C\CCCCCCCC. The molecule has 2 unspecified atom stereocenters. The van der Waals surface area contributed by atoms with Crippen LogP contribution < -0.4 is 11.5 Å². The third-order valence-corrected chi connectivity index (χ3v) is 12.0. The van der Waals surface area contributed by atoms with Crippen LogP contribution in [0.3, 0.4) is 0 Å². The minimum Gasteiger partial charge on any atom is -0.462 e. The lowest BCUT2D eigenvalue weighted by molar-refractivity contribution is -0.166. The highest BCUT2D eigenvalue weighted by molar-refractivity contribution is 7.52. The van der Waals surface area contributed by atoms with E-state index in [4.69, 9.17) is 30.4 Å². The molecule has 0 spiro atoms. The maximum atomic E-state index is 12.9. The minimum absolute atomic E-state index is 0.115. The maximum Gasteiger partial charge on any atom is 0.356 e. The topological polar surface area (TPSA) is 218 Å². The number of rotatable bonds is 45. The van der Waals surface area contributed by atoms with Crippen LogP contribution in [-0.2, 0) is 37.9 Å². The Morgan fingerprint density at radius 1 is 0.565 bits per heavy atom. The molecule has 0 saturated heterocycles. The fourth-order valence-corrected chi connectivity index (χ4v) is 7.74. The maximum absolute atomic E-state index is 12.9. The van der Waals surface area contributed by atoms with Gasteiger partial charge in [-0.05, 0) is 83.6 Å². The number of esters is 3. The average Bonchev–Trinajstić information content (AvgIpc) is 3.24. The molecular formula is C48H91N2O11P. The number of carbonyl (C=O) groups is 3. The summed E-state index contributed by atoms with van der Waals surface area (Å²) in [4.78, 5) is 57.8. The normalized spacial score (nSPS) is 14.0. The number of hydrogen-bond acceptors (Lipinski definition) is 11. The molecule has 7 N–H and O–H groups in total. The molecule has 0 aromatic rings. The van der Waals surface area contributed by atoms with Crippen LogP contribution >= 0.6 is 7.60 Å². The molecule has 0 saturated carbocycles. The number of aliphatic hydroxyl groups excluding tert-OH is 1. The minimum atomic E-state index is -5.12. The van der Waals surface area contributed by atoms with Gasteiger partial charge < -0.3 is 45.3 Å². The van der Waals surface area contributed by atoms with Crippen LogP contribution in [0.4, 0.5) is 0 Å². The second-order valence-corrected chi connectivity index (χ2v) is 18.6. The molecule has 62 heavy (non-hydrogen) atoms. The van der Waals surface area contributed by atoms with Gasteiger partial charge in [0.15, 0.2) is 11.9 Å². The Kier molecular flexibility index (Phi) is 41.3. The van der Waals surface area contributed by atoms with Gasteiger partial charge in [-0.3, -0.25) is 18.9 Å². The molecule has 364 valence electrons. The Morgan fingerprint density at radius 2 is 1.00 bits per heavy atom. The van der Waals surface area contributed by atoms with Gasteiger partial charge in [-0.15, -0.1) is 0 Å². The number of ether oxygens (including phenoxy) is 4. The lowest BCUT2D eigenvalue weighted by Gasteiger charge is -2.26. The van der Waals surface area contributed by atoms with Gasteiger partial charge in [0.1, 0.15) is 25.4 Å². The lowest BCUT2D eigenvalue weighted by atomic mass is 10.1. The lowest BCUT2D eigenvalue weighted by Crippen LogP contribution is -2.40. The second kappa shape index (κ2) is 42.8. The zero-order chi connectivity index (χ0) is 45.9. The summed E-state index contributed by atoms with van der Waals surface area (Å²) in [5, 5.41) is 10.6. The fourth-order valence-electron chi connectivity index (χ4n) is 6.92. The summed E-state index contributed by atoms with van der Waals surface area (Å²) in [5.74, 6) is -3.99. The van der Waals surface area contributed by atoms with Crippen molar-refractivity contribution in [3.05, 3.63) is 24.3 Å². The Balaban J connectivity index is 4.89. The van der Waals surface area contributed by atoms with Crippen LogP contribution in [0.15, 0.2) is 24.3 Å². The van der Waals surface area contributed by atoms with Crippen molar-refractivity contribution in [3.63, 3.8) is 0 Å². The molecule has 13 nitrogen and oxygen atoms in total. The van der Waals surface area contributed by atoms with E-state index < -0.39 is 69.4 Å². The van der Waals surface area contributed by atoms with Crippen LogP contribution in [0, 0.1) is 0 Å². The molecule has 0 fully saturated rings. The first kappa shape index (κ1) is 59.9. The van der Waals surface area contributed by atoms with E-state index in [1.807, 2.05) is 0 Å². The number of unbranched alkanes of at least 4 members (excludes halogenated alkanes) is 23. The van der Waals surface area contributed by atoms with E-state index >= 15 is 0 Å². The van der Waals surface area contributed by atoms with E-state index in [1.54, 1.807) is 0 Å². The monoisotopic (exact) mass is 903 g/mol. The fraction of sp³-hybridized carbons (Fsp3) is 0.854. The zero-order valence-corrected chi connectivity index (χ0v) is 40.0. The Labute approximate surface area is 376 Å². The molecule has 14 heteroatoms. The van der Waals surface area contributed by atoms with Gasteiger partial charge in [0, 0.05) is 12.8 Å². The average molecular weight is 903 g/mol. The molecule has 0 heterocycles. The summed E-state index contributed by atoms with van der Waals surface area (Å²) in [6, 6.07) is -0.991. The van der Waals surface area contributed by atoms with Crippen molar-refractivity contribution in [3.8, 4) is 0 Å². The number of hydrogen-bond donors (Lipinski definition) is 5. The summed E-state index contributed by atoms with van der Waals surface area (Å²) < 4.78 is 33.8. The number of carbonyl (C=O) groups excluding carboxylic acids is 3. The highest BCUT2D eigenvalue weighted by Crippen LogP contribution is 2.43. The van der Waals surface area contributed by atoms with Crippen molar-refractivity contribution >= 4 is 25.5 Å². The molecule has 0 aliphatic carbocycles. The third kappa shape index (κ3) is 38.3. The first-order chi connectivity index (χ1) is 30.0. The summed E-state index contributed by atoms with van der Waals surface area (Å²) >= 11 is 0. The number of nitrogens with two attached hydrogens (primary N) is 2. The van der Waals surface area contributed by atoms with Crippen LogP contribution in [0.5, 0.6) is 0 Å². The van der Waals surface area contributed by atoms with Gasteiger partial charge in [0.25, 0.3) is 0 Å². The Hall–Kier alpha value is -2.12. The van der Waals surface area contributed by atoms with Crippen molar-refractivity contribution in [2.24, 2.45) is 11.5 Å². The Bertz CT molecular complexity index is 1180. The van der Waals surface area contributed by atoms with Crippen molar-refractivity contribution in [1.29, 1.82) is 0 Å². The molecule has 0 aliphatic heterocycles. The molecule has 0 radical (unpaired) electrons. The van der Waals surface area contributed by atoms with E-state index in [-0.39, 0.29) is 12.8 Å². The van der Waals surface area contributed by atoms with Crippen molar-refractivity contribution in [1.82, 2.24) is 0 Å². The van der Waals surface area contributed by atoms with Gasteiger partial charge in [-0.25, -0.2) is 0 Å². The van der Waals surface area contributed by atoms with E-state index in [0.29, 0.717) is 38.6 Å². The molecule has 0 rings (SSSR count). The number of aliphatic hydroxyl groups is 1. The smallest absolute Gasteiger partial charge is 0.356 e. The molecule has 0 aromatic heterocycles. The molecule has 4 atom stereocenters. The standard InChI is InChI=1S/C48H91N2O11P/c1-3-5-7-9-11-13-15-17-19-21-23-25-27-29-31-36-45(52)58-39-42(40-60-48(62(55,56)57)44(51)41-59-47(54)43(50)35-33-34-38-49)61-46(53)37-32-30-28-26-24-22-20-18-16-14-12-10-8-6-4-2/h17-20,42-44,48,51H,3-16,21-41,49-50H2,1-2H3,(H2,55,56,57)/b19-17-,20-18-/t42-,43+,44?,48?/m1/s1. The number of allylic oxidation sites excluding steroid dienone is 4. The van der Waals surface area contributed by atoms with Crippen LogP contribution in [0.1, 0.15) is 213 Å². The molecule has 0 aromatic carbocycles. The third-order valence-electron chi connectivity index (χ3n) is 10.8. The van der Waals surface area contributed by atoms with E-state index in [1.165, 1.54) is 77.0 Å². The van der Waals surface area contributed by atoms with Crippen molar-refractivity contribution in [2.75, 3.05) is 26.4 Å². The highest BCUT2D eigenvalue weighted by atomic mass is 31.2. The summed E-state index contributed by atoms with van der Waals surface area (Å²) in [5.41, 5.74) is 11.3. The molecule has 0 bridgehead atoms. The van der Waals surface area contributed by atoms with Crippen molar-refractivity contribution in [2.45, 2.75) is 237 Å². The van der Waals surface area contributed by atoms with Gasteiger partial charge in [0.2, 0.25) is 0 Å². The first-order valence-electron chi connectivity index (χ1n) is 24.6. The van der Waals surface area contributed by atoms with Gasteiger partial charge in [0.05, 0.1) is 6.61 Å². The van der Waals surface area contributed by atoms with Gasteiger partial charge in [-0.2, -0.15) is 0 Å². The second-order valence-electron chi connectivity index (χ2n) is 16.9. The van der Waals surface area contributed by atoms with E-state index in [0.717, 1.165) is 77.0 Å². The molecule has 0 aliphatic rings. The zero-order valence-electron chi connectivity index (χ0n) is 39.1. The van der Waals surface area contributed by atoms with E-state index in [9.17, 15) is 33.8 Å². The molecule has 0 amide bonds. The first-order valence-corrected chi connectivity index (χ1v) is 26.3. The van der Waals surface area contributed by atoms with Crippen LogP contribution in [0.25, 0.3) is 0 Å². The van der Waals surface area contributed by atoms with Gasteiger partial charge in [-0.1, -0.05) is 147 Å². The largest absolute Gasteiger partial charge is 0.462 e. The summed E-state index contributed by atoms with van der Waals surface area (Å²) in [6.07, 6.45) is 37.1. The van der Waals surface area contributed by atoms with E-state index in [2.05, 4.69) is 38.2 Å². The quantitative estimate of drug-likeness (QED) is 0.0126. The predicted octanol–water partition coefficient (Wildman–Crippen LogP) is 10.4. The summed E-state index contributed by atoms with van der Waals surface area (Å²) in [7, 11) is -5.12. The van der Waals surface area contributed by atoms with Gasteiger partial charge >= 0.3 is 25.5 Å². The molecular weight excluding hydrogens is 812 g/mol. The Morgan fingerprint density at radius 3 is 1.45 bits per heavy atom. The highest BCUT2D eigenvalue weighted by Gasteiger charge is 2.38. The summed E-state index contributed by atoms with van der Waals surface area (Å²) in [6.45, 7) is 3.14. The van der Waals surface area contributed by atoms with Crippen LogP contribution in [0.2, 0.25) is 0 Å².